The molecule has 0 aliphatic carbocycles. The lowest BCUT2D eigenvalue weighted by Gasteiger charge is -2.12. The van der Waals surface area contributed by atoms with Gasteiger partial charge in [-0.15, -0.1) is 0 Å². The third-order valence-corrected chi connectivity index (χ3v) is 2.87. The van der Waals surface area contributed by atoms with E-state index in [1.54, 1.807) is 0 Å². The molecule has 0 bridgehead atoms. The van der Waals surface area contributed by atoms with Crippen LogP contribution in [0.25, 0.3) is 0 Å². The summed E-state index contributed by atoms with van der Waals surface area (Å²) < 4.78 is 0. The molecule has 0 radical (unpaired) electrons. The molecule has 1 aliphatic heterocycles. The molecule has 0 aromatic carbocycles. The van der Waals surface area contributed by atoms with Gasteiger partial charge in [-0.25, -0.2) is 0 Å². The van der Waals surface area contributed by atoms with Crippen LogP contribution in [0.5, 0.6) is 0 Å². The van der Waals surface area contributed by atoms with Crippen LogP contribution in [0.1, 0.15) is 49.2 Å². The van der Waals surface area contributed by atoms with Gasteiger partial charge >= 0.3 is 0 Å². The van der Waals surface area contributed by atoms with Gasteiger partial charge in [0, 0.05) is 18.8 Å². The predicted octanol–water partition coefficient (Wildman–Crippen LogP) is 2.37. The van der Waals surface area contributed by atoms with E-state index < -0.39 is 0 Å². The fourth-order valence-corrected chi connectivity index (χ4v) is 2.06. The number of rotatable bonds is 2. The highest BCUT2D eigenvalue weighted by molar-refractivity contribution is 5.34. The van der Waals surface area contributed by atoms with E-state index in [2.05, 4.69) is 32.2 Å². The maximum absolute atomic E-state index is 4.73. The topological polar surface area (TPSA) is 24.9 Å². The molecule has 14 heavy (non-hydrogen) atoms. The van der Waals surface area contributed by atoms with Gasteiger partial charge in [-0.05, 0) is 23.5 Å². The van der Waals surface area contributed by atoms with Gasteiger partial charge in [-0.1, -0.05) is 26.8 Å². The van der Waals surface area contributed by atoms with Crippen molar-refractivity contribution in [3.05, 3.63) is 28.6 Å². The largest absolute Gasteiger partial charge is 0.307 e. The summed E-state index contributed by atoms with van der Waals surface area (Å²) in [6.07, 6.45) is 1.04. The standard InChI is InChI=1S/C12H18N2/c1-4-11-10(8(2)3)5-9-6-13-7-12(9)14-11/h5,8,13H,4,6-7H2,1-3H3. The highest BCUT2D eigenvalue weighted by Crippen LogP contribution is 2.24. The molecule has 1 aromatic heterocycles. The third kappa shape index (κ3) is 1.55. The molecule has 76 valence electrons. The molecule has 0 spiro atoms. The number of aromatic nitrogens is 1. The molecule has 0 saturated carbocycles. The van der Waals surface area contributed by atoms with E-state index in [-0.39, 0.29) is 0 Å². The van der Waals surface area contributed by atoms with Crippen molar-refractivity contribution >= 4 is 0 Å². The molecule has 1 N–H and O–H groups in total. The molecule has 2 rings (SSSR count). The Labute approximate surface area is 85.7 Å². The van der Waals surface area contributed by atoms with Crippen LogP contribution in [0.3, 0.4) is 0 Å². The smallest absolute Gasteiger partial charge is 0.0590 e. The van der Waals surface area contributed by atoms with Gasteiger partial charge in [0.15, 0.2) is 0 Å². The van der Waals surface area contributed by atoms with Crippen LogP contribution in [0.15, 0.2) is 6.07 Å². The molecule has 2 heteroatoms. The summed E-state index contributed by atoms with van der Waals surface area (Å²) in [7, 11) is 0. The first-order valence-electron chi connectivity index (χ1n) is 5.44. The van der Waals surface area contributed by atoms with Crippen LogP contribution < -0.4 is 5.32 Å². The number of pyridine rings is 1. The van der Waals surface area contributed by atoms with E-state index in [0.717, 1.165) is 19.5 Å². The fraction of sp³-hybridized carbons (Fsp3) is 0.583. The highest BCUT2D eigenvalue weighted by Gasteiger charge is 2.16. The molecular weight excluding hydrogens is 172 g/mol. The summed E-state index contributed by atoms with van der Waals surface area (Å²) in [6.45, 7) is 8.60. The van der Waals surface area contributed by atoms with Crippen molar-refractivity contribution in [2.75, 3.05) is 0 Å². The number of aryl methyl sites for hydroxylation is 1. The summed E-state index contributed by atoms with van der Waals surface area (Å²) >= 11 is 0. The van der Waals surface area contributed by atoms with Gasteiger partial charge in [0.25, 0.3) is 0 Å². The second-order valence-corrected chi connectivity index (χ2v) is 4.24. The van der Waals surface area contributed by atoms with Gasteiger partial charge in [-0.2, -0.15) is 0 Å². The molecule has 2 nitrogen and oxygen atoms in total. The first-order chi connectivity index (χ1) is 6.72. The second-order valence-electron chi connectivity index (χ2n) is 4.24. The van der Waals surface area contributed by atoms with E-state index in [9.17, 15) is 0 Å². The van der Waals surface area contributed by atoms with Crippen molar-refractivity contribution in [3.63, 3.8) is 0 Å². The lowest BCUT2D eigenvalue weighted by atomic mass is 9.97. The van der Waals surface area contributed by atoms with Gasteiger partial charge in [0.2, 0.25) is 0 Å². The summed E-state index contributed by atoms with van der Waals surface area (Å²) in [5.74, 6) is 0.586. The Kier molecular flexibility index (Phi) is 2.55. The van der Waals surface area contributed by atoms with Crippen molar-refractivity contribution in [1.29, 1.82) is 0 Å². The van der Waals surface area contributed by atoms with Gasteiger partial charge in [0.05, 0.1) is 5.69 Å². The van der Waals surface area contributed by atoms with Crippen LogP contribution in [0, 0.1) is 0 Å². The monoisotopic (exact) mass is 190 g/mol. The third-order valence-electron chi connectivity index (χ3n) is 2.87. The van der Waals surface area contributed by atoms with Crippen LogP contribution in [0.2, 0.25) is 0 Å². The number of fused-ring (bicyclic) bond motifs is 1. The van der Waals surface area contributed by atoms with Crippen molar-refractivity contribution in [2.24, 2.45) is 0 Å². The molecule has 2 heterocycles. The van der Waals surface area contributed by atoms with E-state index in [1.165, 1.54) is 22.5 Å². The number of hydrogen-bond acceptors (Lipinski definition) is 2. The second kappa shape index (κ2) is 3.70. The molecule has 0 amide bonds. The summed E-state index contributed by atoms with van der Waals surface area (Å²) in [4.78, 5) is 4.73. The predicted molar refractivity (Wildman–Crippen MR) is 58.2 cm³/mol. The Morgan fingerprint density at radius 1 is 1.43 bits per heavy atom. The quantitative estimate of drug-likeness (QED) is 0.774. The first-order valence-corrected chi connectivity index (χ1v) is 5.44. The molecule has 1 aromatic rings. The van der Waals surface area contributed by atoms with E-state index in [1.807, 2.05) is 0 Å². The maximum Gasteiger partial charge on any atom is 0.0590 e. The Bertz CT molecular complexity index is 342. The molecule has 0 fully saturated rings. The molecule has 1 aliphatic rings. The van der Waals surface area contributed by atoms with Crippen LogP contribution >= 0.6 is 0 Å². The van der Waals surface area contributed by atoms with Crippen molar-refractivity contribution < 1.29 is 0 Å². The number of hydrogen-bond donors (Lipinski definition) is 1. The van der Waals surface area contributed by atoms with E-state index >= 15 is 0 Å². The van der Waals surface area contributed by atoms with E-state index in [0.29, 0.717) is 5.92 Å². The SMILES string of the molecule is CCc1nc2c(cc1C(C)C)CNC2. The first kappa shape index (κ1) is 9.66. The Hall–Kier alpha value is -0.890. The van der Waals surface area contributed by atoms with Crippen molar-refractivity contribution in [2.45, 2.75) is 46.2 Å². The van der Waals surface area contributed by atoms with Gasteiger partial charge in [0.1, 0.15) is 0 Å². The fourth-order valence-electron chi connectivity index (χ4n) is 2.06. The zero-order chi connectivity index (χ0) is 10.1. The highest BCUT2D eigenvalue weighted by atomic mass is 14.9. The average Bonchev–Trinajstić information content (AvgIpc) is 2.62. The van der Waals surface area contributed by atoms with Crippen LogP contribution in [-0.4, -0.2) is 4.98 Å². The normalized spacial score (nSPS) is 14.9. The molecule has 0 atom stereocenters. The summed E-state index contributed by atoms with van der Waals surface area (Å²) in [5, 5.41) is 3.34. The average molecular weight is 190 g/mol. The minimum absolute atomic E-state index is 0.586. The van der Waals surface area contributed by atoms with E-state index in [4.69, 9.17) is 4.98 Å². The zero-order valence-electron chi connectivity index (χ0n) is 9.22. The molecule has 0 unspecified atom stereocenters. The Balaban J connectivity index is 2.49. The van der Waals surface area contributed by atoms with Crippen LogP contribution in [0.4, 0.5) is 0 Å². The Morgan fingerprint density at radius 3 is 2.86 bits per heavy atom. The van der Waals surface area contributed by atoms with Gasteiger partial charge < -0.3 is 5.32 Å². The van der Waals surface area contributed by atoms with Crippen molar-refractivity contribution in [3.8, 4) is 0 Å². The molecular formula is C12H18N2. The summed E-state index contributed by atoms with van der Waals surface area (Å²) in [6, 6.07) is 2.34. The number of nitrogens with one attached hydrogen (secondary N) is 1. The molecule has 0 saturated heterocycles. The maximum atomic E-state index is 4.73. The lowest BCUT2D eigenvalue weighted by Crippen LogP contribution is -2.03. The van der Waals surface area contributed by atoms with Crippen LogP contribution in [-0.2, 0) is 19.5 Å². The Morgan fingerprint density at radius 2 is 2.21 bits per heavy atom. The van der Waals surface area contributed by atoms with Gasteiger partial charge in [-0.3, -0.25) is 4.98 Å². The minimum atomic E-state index is 0.586. The lowest BCUT2D eigenvalue weighted by molar-refractivity contribution is 0.755. The minimum Gasteiger partial charge on any atom is -0.307 e. The zero-order valence-corrected chi connectivity index (χ0v) is 9.22. The summed E-state index contributed by atoms with van der Waals surface area (Å²) in [5.41, 5.74) is 5.36. The van der Waals surface area contributed by atoms with Crippen molar-refractivity contribution in [1.82, 2.24) is 10.3 Å². The number of nitrogens with zero attached hydrogens (tertiary/aromatic N) is 1.